The number of non-ortho nitro benzene ring substituents is 1. The van der Waals surface area contributed by atoms with Gasteiger partial charge in [-0.1, -0.05) is 82.7 Å². The molecule has 0 radical (unpaired) electrons. The van der Waals surface area contributed by atoms with E-state index in [1.165, 1.54) is 69.6 Å². The molecule has 0 unspecified atom stereocenters. The number of halogens is 1. The van der Waals surface area contributed by atoms with E-state index in [1.54, 1.807) is 0 Å². The maximum absolute atomic E-state index is 12.0. The number of carbonyl (C=O) groups excluding carboxylic acids is 1. The minimum atomic E-state index is -0.524. The van der Waals surface area contributed by atoms with Crippen LogP contribution >= 0.6 is 23.8 Å². The van der Waals surface area contributed by atoms with Gasteiger partial charge in [-0.25, -0.2) is 0 Å². The van der Waals surface area contributed by atoms with E-state index in [0.717, 1.165) is 19.3 Å². The van der Waals surface area contributed by atoms with Crippen molar-refractivity contribution in [3.63, 3.8) is 0 Å². The lowest BCUT2D eigenvalue weighted by Crippen LogP contribution is -2.34. The number of nitrogens with one attached hydrogen (secondary N) is 2. The molecule has 1 rings (SSSR count). The number of rotatable bonds is 14. The molecular weight excluding hydrogens is 410 g/mol. The maximum Gasteiger partial charge on any atom is 0.271 e. The smallest absolute Gasteiger partial charge is 0.271 e. The van der Waals surface area contributed by atoms with Gasteiger partial charge in [0, 0.05) is 18.6 Å². The molecule has 0 spiro atoms. The number of anilines is 1. The summed E-state index contributed by atoms with van der Waals surface area (Å²) in [7, 11) is 0. The molecule has 1 aromatic carbocycles. The predicted molar refractivity (Wildman–Crippen MR) is 124 cm³/mol. The lowest BCUT2D eigenvalue weighted by Gasteiger charge is -2.10. The molecule has 8 heteroatoms. The van der Waals surface area contributed by atoms with Crippen LogP contribution in [0.5, 0.6) is 0 Å². The highest BCUT2D eigenvalue weighted by Gasteiger charge is 2.11. The summed E-state index contributed by atoms with van der Waals surface area (Å²) in [6.45, 7) is 2.24. The number of carbonyl (C=O) groups is 1. The van der Waals surface area contributed by atoms with Crippen LogP contribution in [0.2, 0.25) is 5.02 Å². The van der Waals surface area contributed by atoms with Gasteiger partial charge < -0.3 is 10.6 Å². The van der Waals surface area contributed by atoms with Gasteiger partial charge in [-0.05, 0) is 24.7 Å². The molecule has 0 atom stereocenters. The number of benzene rings is 1. The third-order valence-electron chi connectivity index (χ3n) is 4.67. The van der Waals surface area contributed by atoms with E-state index in [0.29, 0.717) is 12.1 Å². The number of nitrogens with zero attached hydrogens (tertiary/aromatic N) is 1. The SMILES string of the molecule is CCCCCCCCCCCCCC(=O)NC(=S)Nc1ccc([N+](=O)[O-])cc1Cl. The molecule has 29 heavy (non-hydrogen) atoms. The molecule has 0 aliphatic heterocycles. The summed E-state index contributed by atoms with van der Waals surface area (Å²) >= 11 is 11.1. The fourth-order valence-electron chi connectivity index (χ4n) is 3.01. The van der Waals surface area contributed by atoms with Crippen LogP contribution in [0, 0.1) is 10.1 Å². The summed E-state index contributed by atoms with van der Waals surface area (Å²) in [5.74, 6) is -0.142. The van der Waals surface area contributed by atoms with Crippen molar-refractivity contribution >= 4 is 46.2 Å². The van der Waals surface area contributed by atoms with E-state index >= 15 is 0 Å². The zero-order valence-electron chi connectivity index (χ0n) is 17.2. The third kappa shape index (κ3) is 11.8. The zero-order valence-corrected chi connectivity index (χ0v) is 18.7. The first-order valence-corrected chi connectivity index (χ1v) is 11.3. The lowest BCUT2D eigenvalue weighted by molar-refractivity contribution is -0.384. The summed E-state index contributed by atoms with van der Waals surface area (Å²) < 4.78 is 0. The molecule has 6 nitrogen and oxygen atoms in total. The first-order valence-electron chi connectivity index (χ1n) is 10.5. The van der Waals surface area contributed by atoms with Crippen molar-refractivity contribution in [3.8, 4) is 0 Å². The van der Waals surface area contributed by atoms with Gasteiger partial charge in [0.25, 0.3) is 5.69 Å². The summed E-state index contributed by atoms with van der Waals surface area (Å²) in [5, 5.41) is 16.4. The standard InChI is InChI=1S/C21H32ClN3O3S/c1-2-3-4-5-6-7-8-9-10-11-12-13-20(26)24-21(29)23-19-15-14-17(25(27)28)16-18(19)22/h14-16H,2-13H2,1H3,(H2,23,24,26,29). The largest absolute Gasteiger partial charge is 0.331 e. The molecule has 0 bridgehead atoms. The van der Waals surface area contributed by atoms with Crippen molar-refractivity contribution in [1.82, 2.24) is 5.32 Å². The maximum atomic E-state index is 12.0. The summed E-state index contributed by atoms with van der Waals surface area (Å²) in [5.41, 5.74) is 0.309. The Morgan fingerprint density at radius 2 is 1.59 bits per heavy atom. The van der Waals surface area contributed by atoms with Gasteiger partial charge in [0.2, 0.25) is 5.91 Å². The number of unbranched alkanes of at least 4 members (excludes halogenated alkanes) is 10. The molecule has 0 aliphatic rings. The monoisotopic (exact) mass is 441 g/mol. The van der Waals surface area contributed by atoms with Crippen molar-refractivity contribution < 1.29 is 9.72 Å². The molecular formula is C21H32ClN3O3S. The Morgan fingerprint density at radius 1 is 1.03 bits per heavy atom. The summed E-state index contributed by atoms with van der Waals surface area (Å²) in [4.78, 5) is 22.2. The van der Waals surface area contributed by atoms with Gasteiger partial charge in [0.1, 0.15) is 0 Å². The Balaban J connectivity index is 2.11. The van der Waals surface area contributed by atoms with Crippen molar-refractivity contribution in [2.45, 2.75) is 84.0 Å². The normalized spacial score (nSPS) is 10.6. The Hall–Kier alpha value is -1.73. The fraction of sp³-hybridized carbons (Fsp3) is 0.619. The molecule has 0 aliphatic carbocycles. The van der Waals surface area contributed by atoms with Gasteiger partial charge in [0.15, 0.2) is 5.11 Å². The molecule has 0 fully saturated rings. The topological polar surface area (TPSA) is 84.3 Å². The van der Waals surface area contributed by atoms with Crippen molar-refractivity contribution in [2.24, 2.45) is 0 Å². The molecule has 0 saturated carbocycles. The summed E-state index contributed by atoms with van der Waals surface area (Å²) in [6.07, 6.45) is 14.0. The molecule has 0 heterocycles. The van der Waals surface area contributed by atoms with E-state index in [2.05, 4.69) is 17.6 Å². The molecule has 162 valence electrons. The second kappa shape index (κ2) is 15.2. The Morgan fingerprint density at radius 3 is 2.10 bits per heavy atom. The van der Waals surface area contributed by atoms with Crippen LogP contribution < -0.4 is 10.6 Å². The van der Waals surface area contributed by atoms with Crippen molar-refractivity contribution in [1.29, 1.82) is 0 Å². The van der Waals surface area contributed by atoms with Gasteiger partial charge in [-0.15, -0.1) is 0 Å². The summed E-state index contributed by atoms with van der Waals surface area (Å²) in [6, 6.07) is 4.02. The minimum absolute atomic E-state index is 0.105. The number of hydrogen-bond acceptors (Lipinski definition) is 4. The highest BCUT2D eigenvalue weighted by Crippen LogP contribution is 2.26. The number of amides is 1. The van der Waals surface area contributed by atoms with Crippen molar-refractivity contribution in [3.05, 3.63) is 33.3 Å². The van der Waals surface area contributed by atoms with E-state index in [9.17, 15) is 14.9 Å². The molecule has 1 amide bonds. The number of nitro benzene ring substituents is 1. The third-order valence-corrected chi connectivity index (χ3v) is 5.19. The van der Waals surface area contributed by atoms with Crippen LogP contribution in [0.3, 0.4) is 0 Å². The minimum Gasteiger partial charge on any atom is -0.331 e. The van der Waals surface area contributed by atoms with Crippen LogP contribution in [-0.2, 0) is 4.79 Å². The van der Waals surface area contributed by atoms with Crippen LogP contribution in [0.15, 0.2) is 18.2 Å². The zero-order chi connectivity index (χ0) is 21.5. The van der Waals surface area contributed by atoms with Crippen molar-refractivity contribution in [2.75, 3.05) is 5.32 Å². The Kier molecular flexibility index (Phi) is 13.2. The van der Waals surface area contributed by atoms with Gasteiger partial charge >= 0.3 is 0 Å². The van der Waals surface area contributed by atoms with E-state index < -0.39 is 4.92 Å². The number of nitro groups is 1. The average molecular weight is 442 g/mol. The quantitative estimate of drug-likeness (QED) is 0.144. The van der Waals surface area contributed by atoms with E-state index in [4.69, 9.17) is 23.8 Å². The Bertz CT molecular complexity index is 671. The van der Waals surface area contributed by atoms with Gasteiger partial charge in [-0.3, -0.25) is 14.9 Å². The van der Waals surface area contributed by atoms with Crippen LogP contribution in [0.1, 0.15) is 84.0 Å². The van der Waals surface area contributed by atoms with Crippen LogP contribution in [0.25, 0.3) is 0 Å². The fourth-order valence-corrected chi connectivity index (χ4v) is 3.46. The second-order valence-electron chi connectivity index (χ2n) is 7.21. The Labute approximate surface area is 183 Å². The number of hydrogen-bond donors (Lipinski definition) is 2. The van der Waals surface area contributed by atoms with Crippen LogP contribution in [-0.4, -0.2) is 15.9 Å². The predicted octanol–water partition coefficient (Wildman–Crippen LogP) is 6.76. The van der Waals surface area contributed by atoms with E-state index in [1.807, 2.05) is 0 Å². The molecule has 0 aromatic heterocycles. The second-order valence-corrected chi connectivity index (χ2v) is 8.02. The molecule has 1 aromatic rings. The highest BCUT2D eigenvalue weighted by atomic mass is 35.5. The first kappa shape index (κ1) is 25.3. The highest BCUT2D eigenvalue weighted by molar-refractivity contribution is 7.80. The van der Waals surface area contributed by atoms with Gasteiger partial charge in [0.05, 0.1) is 15.6 Å². The first-order chi connectivity index (χ1) is 13.9. The van der Waals surface area contributed by atoms with Crippen LogP contribution in [0.4, 0.5) is 11.4 Å². The lowest BCUT2D eigenvalue weighted by atomic mass is 10.1. The number of thiocarbonyl (C=S) groups is 1. The molecule has 2 N–H and O–H groups in total. The molecule has 0 saturated heterocycles. The van der Waals surface area contributed by atoms with Gasteiger partial charge in [-0.2, -0.15) is 0 Å². The average Bonchev–Trinajstić information content (AvgIpc) is 2.67. The van der Waals surface area contributed by atoms with E-state index in [-0.39, 0.29) is 21.7 Å².